The number of para-hydroxylation sites is 1. The summed E-state index contributed by atoms with van der Waals surface area (Å²) >= 11 is 17.9. The van der Waals surface area contributed by atoms with Crippen LogP contribution < -0.4 is 10.6 Å². The minimum atomic E-state index is -0.118. The minimum absolute atomic E-state index is 0.118. The lowest BCUT2D eigenvalue weighted by Crippen LogP contribution is -2.16. The fourth-order valence-electron chi connectivity index (χ4n) is 1.76. The molecule has 6 heteroatoms. The summed E-state index contributed by atoms with van der Waals surface area (Å²) in [5, 5.41) is 7.46. The highest BCUT2D eigenvalue weighted by Gasteiger charge is 2.06. The van der Waals surface area contributed by atoms with Gasteiger partial charge in [0.2, 0.25) is 5.91 Å². The molecule has 0 atom stereocenters. The van der Waals surface area contributed by atoms with Gasteiger partial charge in [0.1, 0.15) is 0 Å². The quantitative estimate of drug-likeness (QED) is 0.794. The van der Waals surface area contributed by atoms with E-state index in [9.17, 15) is 4.79 Å². The summed E-state index contributed by atoms with van der Waals surface area (Å²) in [6.45, 7) is 0.426. The third-order valence-electron chi connectivity index (χ3n) is 2.72. The Balaban J connectivity index is 1.85. The van der Waals surface area contributed by atoms with Crippen LogP contribution in [0.4, 0.5) is 11.4 Å². The summed E-state index contributed by atoms with van der Waals surface area (Å²) in [5.41, 5.74) is 1.31. The average molecular weight is 344 g/mol. The van der Waals surface area contributed by atoms with Gasteiger partial charge in [-0.3, -0.25) is 4.79 Å². The molecule has 0 radical (unpaired) electrons. The molecule has 0 aromatic heterocycles. The van der Waals surface area contributed by atoms with E-state index in [0.717, 1.165) is 0 Å². The Morgan fingerprint density at radius 1 is 1.00 bits per heavy atom. The van der Waals surface area contributed by atoms with Gasteiger partial charge in [0, 0.05) is 23.7 Å². The summed E-state index contributed by atoms with van der Waals surface area (Å²) in [6, 6.07) is 12.2. The first-order valence-electron chi connectivity index (χ1n) is 6.29. The van der Waals surface area contributed by atoms with Gasteiger partial charge in [-0.15, -0.1) is 0 Å². The summed E-state index contributed by atoms with van der Waals surface area (Å²) in [6.07, 6.45) is 0.286. The van der Waals surface area contributed by atoms with Crippen LogP contribution in [0.1, 0.15) is 6.42 Å². The van der Waals surface area contributed by atoms with Crippen LogP contribution in [0.15, 0.2) is 42.5 Å². The van der Waals surface area contributed by atoms with Crippen molar-refractivity contribution >= 4 is 52.1 Å². The second-order valence-electron chi connectivity index (χ2n) is 4.33. The van der Waals surface area contributed by atoms with Gasteiger partial charge in [0.15, 0.2) is 0 Å². The molecule has 110 valence electrons. The molecule has 0 aliphatic heterocycles. The number of benzene rings is 2. The number of anilines is 2. The zero-order valence-electron chi connectivity index (χ0n) is 11.0. The van der Waals surface area contributed by atoms with E-state index in [4.69, 9.17) is 34.8 Å². The fraction of sp³-hybridized carbons (Fsp3) is 0.133. The van der Waals surface area contributed by atoms with E-state index in [-0.39, 0.29) is 12.3 Å². The minimum Gasteiger partial charge on any atom is -0.382 e. The van der Waals surface area contributed by atoms with E-state index >= 15 is 0 Å². The van der Waals surface area contributed by atoms with Gasteiger partial charge >= 0.3 is 0 Å². The second kappa shape index (κ2) is 7.55. The van der Waals surface area contributed by atoms with E-state index < -0.39 is 0 Å². The predicted molar refractivity (Wildman–Crippen MR) is 89.7 cm³/mol. The normalized spacial score (nSPS) is 10.2. The number of carbonyl (C=O) groups excluding carboxylic acids is 1. The molecule has 0 bridgehead atoms. The highest BCUT2D eigenvalue weighted by molar-refractivity contribution is 6.39. The van der Waals surface area contributed by atoms with Crippen molar-refractivity contribution in [1.82, 2.24) is 0 Å². The zero-order chi connectivity index (χ0) is 15.2. The topological polar surface area (TPSA) is 41.1 Å². The molecule has 2 aromatic rings. The Hall–Kier alpha value is -1.42. The van der Waals surface area contributed by atoms with Crippen LogP contribution in [0.5, 0.6) is 0 Å². The van der Waals surface area contributed by atoms with Crippen LogP contribution in [0.25, 0.3) is 0 Å². The monoisotopic (exact) mass is 342 g/mol. The van der Waals surface area contributed by atoms with Crippen LogP contribution in [-0.2, 0) is 4.79 Å². The third kappa shape index (κ3) is 4.81. The smallest absolute Gasteiger partial charge is 0.226 e. The molecule has 0 saturated heterocycles. The molecule has 21 heavy (non-hydrogen) atoms. The Labute approximate surface area is 138 Å². The Kier molecular flexibility index (Phi) is 5.74. The van der Waals surface area contributed by atoms with E-state index in [1.54, 1.807) is 42.5 Å². The summed E-state index contributed by atoms with van der Waals surface area (Å²) in [7, 11) is 0. The highest BCUT2D eigenvalue weighted by Crippen LogP contribution is 2.29. The number of hydrogen-bond donors (Lipinski definition) is 2. The predicted octanol–water partition coefficient (Wildman–Crippen LogP) is 5.09. The van der Waals surface area contributed by atoms with Crippen molar-refractivity contribution in [2.24, 2.45) is 0 Å². The molecule has 0 aliphatic carbocycles. The van der Waals surface area contributed by atoms with Crippen molar-refractivity contribution < 1.29 is 4.79 Å². The van der Waals surface area contributed by atoms with Crippen molar-refractivity contribution in [3.63, 3.8) is 0 Å². The number of halogens is 3. The lowest BCUT2D eigenvalue weighted by atomic mass is 10.3. The molecular weight excluding hydrogens is 331 g/mol. The van der Waals surface area contributed by atoms with Gasteiger partial charge in [-0.2, -0.15) is 0 Å². The number of carbonyl (C=O) groups is 1. The van der Waals surface area contributed by atoms with Crippen LogP contribution in [0.2, 0.25) is 15.1 Å². The molecule has 2 rings (SSSR count). The van der Waals surface area contributed by atoms with Crippen LogP contribution in [0, 0.1) is 0 Å². The Bertz CT molecular complexity index is 626. The van der Waals surface area contributed by atoms with Crippen LogP contribution in [0.3, 0.4) is 0 Å². The first-order valence-corrected chi connectivity index (χ1v) is 7.43. The molecule has 0 aliphatic rings. The average Bonchev–Trinajstić information content (AvgIpc) is 2.42. The Morgan fingerprint density at radius 2 is 1.67 bits per heavy atom. The van der Waals surface area contributed by atoms with Gasteiger partial charge in [-0.1, -0.05) is 46.9 Å². The number of nitrogens with one attached hydrogen (secondary N) is 2. The van der Waals surface area contributed by atoms with Crippen molar-refractivity contribution in [2.45, 2.75) is 6.42 Å². The Morgan fingerprint density at radius 3 is 2.33 bits per heavy atom. The lowest BCUT2D eigenvalue weighted by Gasteiger charge is -2.10. The van der Waals surface area contributed by atoms with Crippen LogP contribution >= 0.6 is 34.8 Å². The SMILES string of the molecule is O=C(CCNc1c(Cl)cccc1Cl)Nc1cccc(Cl)c1. The second-order valence-corrected chi connectivity index (χ2v) is 5.58. The van der Waals surface area contributed by atoms with Crippen molar-refractivity contribution in [3.8, 4) is 0 Å². The van der Waals surface area contributed by atoms with Crippen molar-refractivity contribution in [2.75, 3.05) is 17.2 Å². The van der Waals surface area contributed by atoms with Gasteiger partial charge in [-0.05, 0) is 30.3 Å². The fourth-order valence-corrected chi connectivity index (χ4v) is 2.48. The number of amides is 1. The van der Waals surface area contributed by atoms with E-state index in [0.29, 0.717) is 33.0 Å². The van der Waals surface area contributed by atoms with Crippen molar-refractivity contribution in [3.05, 3.63) is 57.5 Å². The molecule has 0 saturated carbocycles. The van der Waals surface area contributed by atoms with E-state index in [1.165, 1.54) is 0 Å². The highest BCUT2D eigenvalue weighted by atomic mass is 35.5. The molecule has 0 unspecified atom stereocenters. The summed E-state index contributed by atoms with van der Waals surface area (Å²) < 4.78 is 0. The first-order chi connectivity index (χ1) is 10.1. The maximum absolute atomic E-state index is 11.8. The maximum Gasteiger partial charge on any atom is 0.226 e. The summed E-state index contributed by atoms with van der Waals surface area (Å²) in [5.74, 6) is -0.118. The molecule has 2 N–H and O–H groups in total. The first kappa shape index (κ1) is 16.0. The maximum atomic E-state index is 11.8. The van der Waals surface area contributed by atoms with Gasteiger partial charge in [0.25, 0.3) is 0 Å². The third-order valence-corrected chi connectivity index (χ3v) is 3.59. The molecular formula is C15H13Cl3N2O. The summed E-state index contributed by atoms with van der Waals surface area (Å²) in [4.78, 5) is 11.8. The lowest BCUT2D eigenvalue weighted by molar-refractivity contribution is -0.115. The molecule has 1 amide bonds. The number of rotatable bonds is 5. The zero-order valence-corrected chi connectivity index (χ0v) is 13.3. The van der Waals surface area contributed by atoms with Gasteiger partial charge in [-0.25, -0.2) is 0 Å². The molecule has 0 heterocycles. The molecule has 3 nitrogen and oxygen atoms in total. The van der Waals surface area contributed by atoms with Gasteiger partial charge < -0.3 is 10.6 Å². The van der Waals surface area contributed by atoms with Crippen molar-refractivity contribution in [1.29, 1.82) is 0 Å². The molecule has 0 spiro atoms. The number of hydrogen-bond acceptors (Lipinski definition) is 2. The van der Waals surface area contributed by atoms with E-state index in [2.05, 4.69) is 10.6 Å². The molecule has 2 aromatic carbocycles. The molecule has 0 fully saturated rings. The van der Waals surface area contributed by atoms with Crippen LogP contribution in [-0.4, -0.2) is 12.5 Å². The largest absolute Gasteiger partial charge is 0.382 e. The van der Waals surface area contributed by atoms with Gasteiger partial charge in [0.05, 0.1) is 15.7 Å². The standard InChI is InChI=1S/C15H13Cl3N2O/c16-10-3-1-4-11(9-10)20-14(21)7-8-19-15-12(17)5-2-6-13(15)18/h1-6,9,19H,7-8H2,(H,20,21). The van der Waals surface area contributed by atoms with E-state index in [1.807, 2.05) is 0 Å².